The summed E-state index contributed by atoms with van der Waals surface area (Å²) in [6.45, 7) is 1.01. The van der Waals surface area contributed by atoms with Crippen molar-refractivity contribution in [3.05, 3.63) is 22.4 Å². The summed E-state index contributed by atoms with van der Waals surface area (Å²) in [4.78, 5) is 1.42. The zero-order chi connectivity index (χ0) is 9.80. The number of hydrogen-bond donors (Lipinski definition) is 2. The molecule has 3 N–H and O–H groups in total. The van der Waals surface area contributed by atoms with Crippen molar-refractivity contribution < 1.29 is 0 Å². The lowest BCUT2D eigenvalue weighted by Gasteiger charge is -2.27. The maximum absolute atomic E-state index is 5.94. The minimum absolute atomic E-state index is 0.421. The molecule has 2 atom stereocenters. The normalized spacial score (nSPS) is 27.8. The van der Waals surface area contributed by atoms with Gasteiger partial charge >= 0.3 is 0 Å². The van der Waals surface area contributed by atoms with E-state index in [0.717, 1.165) is 13.0 Å². The van der Waals surface area contributed by atoms with Crippen molar-refractivity contribution in [1.29, 1.82) is 0 Å². The van der Waals surface area contributed by atoms with E-state index in [1.54, 1.807) is 0 Å². The van der Waals surface area contributed by atoms with Gasteiger partial charge in [0.15, 0.2) is 0 Å². The van der Waals surface area contributed by atoms with Gasteiger partial charge in [0.2, 0.25) is 0 Å². The predicted molar refractivity (Wildman–Crippen MR) is 61.4 cm³/mol. The third-order valence-corrected chi connectivity index (χ3v) is 3.74. The van der Waals surface area contributed by atoms with E-state index in [2.05, 4.69) is 22.8 Å². The highest BCUT2D eigenvalue weighted by molar-refractivity contribution is 7.09. The molecule has 1 heterocycles. The molecule has 14 heavy (non-hydrogen) atoms. The molecule has 0 aliphatic heterocycles. The van der Waals surface area contributed by atoms with Gasteiger partial charge in [0.1, 0.15) is 0 Å². The van der Waals surface area contributed by atoms with Crippen molar-refractivity contribution in [3.63, 3.8) is 0 Å². The average Bonchev–Trinajstić information content (AvgIpc) is 2.67. The van der Waals surface area contributed by atoms with Crippen molar-refractivity contribution in [2.75, 3.05) is 0 Å². The van der Waals surface area contributed by atoms with E-state index in [1.807, 2.05) is 11.3 Å². The lowest BCUT2D eigenvalue weighted by Crippen LogP contribution is -2.38. The highest BCUT2D eigenvalue weighted by Gasteiger charge is 2.18. The molecule has 2 rings (SSSR count). The molecule has 0 radical (unpaired) electrons. The summed E-state index contributed by atoms with van der Waals surface area (Å²) < 4.78 is 0. The minimum Gasteiger partial charge on any atom is -0.328 e. The van der Waals surface area contributed by atoms with E-state index in [4.69, 9.17) is 5.73 Å². The van der Waals surface area contributed by atoms with Gasteiger partial charge in [0.25, 0.3) is 0 Å². The second-order valence-electron chi connectivity index (χ2n) is 4.08. The quantitative estimate of drug-likeness (QED) is 0.802. The van der Waals surface area contributed by atoms with Crippen LogP contribution in [0.1, 0.15) is 30.6 Å². The van der Waals surface area contributed by atoms with Crippen LogP contribution < -0.4 is 11.1 Å². The van der Waals surface area contributed by atoms with Crippen LogP contribution in [0.3, 0.4) is 0 Å². The summed E-state index contributed by atoms with van der Waals surface area (Å²) in [5.41, 5.74) is 5.94. The van der Waals surface area contributed by atoms with Gasteiger partial charge in [0, 0.05) is 23.5 Å². The first-order valence-electron chi connectivity index (χ1n) is 5.36. The van der Waals surface area contributed by atoms with Gasteiger partial charge in [-0.2, -0.15) is 0 Å². The van der Waals surface area contributed by atoms with Crippen molar-refractivity contribution >= 4 is 11.3 Å². The number of thiophene rings is 1. The Labute approximate surface area is 89.5 Å². The minimum atomic E-state index is 0.421. The van der Waals surface area contributed by atoms with Crippen molar-refractivity contribution in [1.82, 2.24) is 5.32 Å². The Bertz CT molecular complexity index is 258. The van der Waals surface area contributed by atoms with Gasteiger partial charge in [-0.15, -0.1) is 11.3 Å². The highest BCUT2D eigenvalue weighted by atomic mass is 32.1. The van der Waals surface area contributed by atoms with Crippen LogP contribution in [0.5, 0.6) is 0 Å². The fourth-order valence-electron chi connectivity index (χ4n) is 2.07. The number of hydrogen-bond acceptors (Lipinski definition) is 3. The SMILES string of the molecule is NC1CCCC(NCc2cccs2)C1. The third-order valence-electron chi connectivity index (χ3n) is 2.86. The van der Waals surface area contributed by atoms with E-state index in [-0.39, 0.29) is 0 Å². The van der Waals surface area contributed by atoms with Crippen molar-refractivity contribution in [2.45, 2.75) is 44.3 Å². The molecule has 1 fully saturated rings. The lowest BCUT2D eigenvalue weighted by molar-refractivity contribution is 0.339. The molecule has 0 spiro atoms. The Kier molecular flexibility index (Phi) is 3.56. The van der Waals surface area contributed by atoms with Crippen LogP contribution in [0.25, 0.3) is 0 Å². The molecule has 0 bridgehead atoms. The zero-order valence-corrected chi connectivity index (χ0v) is 9.22. The zero-order valence-electron chi connectivity index (χ0n) is 8.41. The molecule has 0 saturated heterocycles. The van der Waals surface area contributed by atoms with Crippen molar-refractivity contribution in [2.24, 2.45) is 5.73 Å². The Hall–Kier alpha value is -0.380. The number of nitrogens with one attached hydrogen (secondary N) is 1. The topological polar surface area (TPSA) is 38.0 Å². The average molecular weight is 210 g/mol. The first-order valence-corrected chi connectivity index (χ1v) is 6.24. The fraction of sp³-hybridized carbons (Fsp3) is 0.636. The summed E-state index contributed by atoms with van der Waals surface area (Å²) in [7, 11) is 0. The second kappa shape index (κ2) is 4.91. The molecule has 1 aliphatic rings. The van der Waals surface area contributed by atoms with Crippen LogP contribution in [0.15, 0.2) is 17.5 Å². The molecule has 2 nitrogen and oxygen atoms in total. The number of nitrogens with two attached hydrogens (primary N) is 1. The molecule has 0 aromatic carbocycles. The van der Waals surface area contributed by atoms with E-state index in [0.29, 0.717) is 12.1 Å². The molecule has 3 heteroatoms. The van der Waals surface area contributed by atoms with E-state index in [1.165, 1.54) is 24.1 Å². The standard InChI is InChI=1S/C11H18N2S/c12-9-3-1-4-10(7-9)13-8-11-5-2-6-14-11/h2,5-6,9-10,13H,1,3-4,7-8,12H2. The van der Waals surface area contributed by atoms with E-state index in [9.17, 15) is 0 Å². The third kappa shape index (κ3) is 2.80. The van der Waals surface area contributed by atoms with Crippen molar-refractivity contribution in [3.8, 4) is 0 Å². The maximum Gasteiger partial charge on any atom is 0.0302 e. The maximum atomic E-state index is 5.94. The van der Waals surface area contributed by atoms with Crippen LogP contribution in [0.2, 0.25) is 0 Å². The summed E-state index contributed by atoms with van der Waals surface area (Å²) in [5, 5.41) is 5.71. The fourth-order valence-corrected chi connectivity index (χ4v) is 2.73. The van der Waals surface area contributed by atoms with Gasteiger partial charge in [0.05, 0.1) is 0 Å². The van der Waals surface area contributed by atoms with Crippen LogP contribution in [-0.2, 0) is 6.54 Å². The van der Waals surface area contributed by atoms with Gasteiger partial charge < -0.3 is 11.1 Å². The smallest absolute Gasteiger partial charge is 0.0302 e. The summed E-state index contributed by atoms with van der Waals surface area (Å²) in [6, 6.07) is 5.35. The predicted octanol–water partition coefficient (Wildman–Crippen LogP) is 2.11. The van der Waals surface area contributed by atoms with Crippen LogP contribution in [0, 0.1) is 0 Å². The second-order valence-corrected chi connectivity index (χ2v) is 5.12. The molecule has 1 aliphatic carbocycles. The van der Waals surface area contributed by atoms with Crippen LogP contribution >= 0.6 is 11.3 Å². The van der Waals surface area contributed by atoms with Gasteiger partial charge in [-0.05, 0) is 30.7 Å². The highest BCUT2D eigenvalue weighted by Crippen LogP contribution is 2.18. The molecule has 0 amide bonds. The van der Waals surface area contributed by atoms with E-state index >= 15 is 0 Å². The number of rotatable bonds is 3. The molecule has 78 valence electrons. The van der Waals surface area contributed by atoms with Crippen LogP contribution in [-0.4, -0.2) is 12.1 Å². The summed E-state index contributed by atoms with van der Waals surface area (Å²) in [6.07, 6.45) is 4.92. The first kappa shape index (κ1) is 10.1. The van der Waals surface area contributed by atoms with Gasteiger partial charge in [-0.3, -0.25) is 0 Å². The molecular formula is C11H18N2S. The molecule has 1 aromatic heterocycles. The Morgan fingerprint density at radius 1 is 1.50 bits per heavy atom. The Morgan fingerprint density at radius 3 is 3.14 bits per heavy atom. The summed E-state index contributed by atoms with van der Waals surface area (Å²) in [5.74, 6) is 0. The van der Waals surface area contributed by atoms with Gasteiger partial charge in [-0.25, -0.2) is 0 Å². The summed E-state index contributed by atoms with van der Waals surface area (Å²) >= 11 is 1.82. The molecule has 1 saturated carbocycles. The monoisotopic (exact) mass is 210 g/mol. The molecule has 2 unspecified atom stereocenters. The lowest BCUT2D eigenvalue weighted by atomic mass is 9.92. The molecular weight excluding hydrogens is 192 g/mol. The largest absolute Gasteiger partial charge is 0.328 e. The first-order chi connectivity index (χ1) is 6.84. The van der Waals surface area contributed by atoms with E-state index < -0.39 is 0 Å². The molecule has 1 aromatic rings. The Balaban J connectivity index is 1.75. The van der Waals surface area contributed by atoms with Gasteiger partial charge in [-0.1, -0.05) is 12.5 Å². The Morgan fingerprint density at radius 2 is 2.43 bits per heavy atom. The van der Waals surface area contributed by atoms with Crippen LogP contribution in [0.4, 0.5) is 0 Å².